The molecule has 1 fully saturated rings. The number of rotatable bonds is 10. The highest BCUT2D eigenvalue weighted by Gasteiger charge is 2.39. The lowest BCUT2D eigenvalue weighted by Gasteiger charge is -2.42. The number of alkyl halides is 6. The van der Waals surface area contributed by atoms with E-state index in [1.54, 1.807) is 0 Å². The van der Waals surface area contributed by atoms with Crippen LogP contribution >= 0.6 is 0 Å². The maximum Gasteiger partial charge on any atom is 0.416 e. The molecule has 43 heavy (non-hydrogen) atoms. The summed E-state index contributed by atoms with van der Waals surface area (Å²) >= 11 is 0. The standard InChI is InChI=1S/C30H37F6N5O2/c1-18(2)41(19(3)4)17-26-25(37-39-38-26)16-40-11-12-42-28(27(40)21-9-7-6-8-10-21)43-20(5)22-13-23(29(31,32)33)15-24(14-22)30(34,35)36/h6-10,13-15,18-20,27-28H,11-12,16-17H2,1-5H3,(H,37,38,39)/t20?,27-,28+/m0/s1. The third-order valence-electron chi connectivity index (χ3n) is 7.59. The first-order chi connectivity index (χ1) is 20.1. The molecule has 0 radical (unpaired) electrons. The molecule has 2 heterocycles. The van der Waals surface area contributed by atoms with Gasteiger partial charge < -0.3 is 9.47 Å². The Kier molecular flexibility index (Phi) is 10.2. The molecule has 1 aliphatic rings. The van der Waals surface area contributed by atoms with E-state index in [9.17, 15) is 26.3 Å². The Bertz CT molecular complexity index is 1290. The van der Waals surface area contributed by atoms with E-state index >= 15 is 0 Å². The molecule has 236 valence electrons. The normalized spacial score (nSPS) is 19.5. The van der Waals surface area contributed by atoms with Crippen molar-refractivity contribution in [3.63, 3.8) is 0 Å². The van der Waals surface area contributed by atoms with Gasteiger partial charge in [-0.25, -0.2) is 0 Å². The number of nitrogens with one attached hydrogen (secondary N) is 1. The van der Waals surface area contributed by atoms with Crippen LogP contribution in [0.2, 0.25) is 0 Å². The summed E-state index contributed by atoms with van der Waals surface area (Å²) in [5.41, 5.74) is -0.710. The zero-order chi connectivity index (χ0) is 31.5. The van der Waals surface area contributed by atoms with E-state index < -0.39 is 41.9 Å². The van der Waals surface area contributed by atoms with E-state index in [1.165, 1.54) is 6.92 Å². The van der Waals surface area contributed by atoms with Crippen molar-refractivity contribution in [1.29, 1.82) is 0 Å². The third-order valence-corrected chi connectivity index (χ3v) is 7.59. The third kappa shape index (κ3) is 8.14. The van der Waals surface area contributed by atoms with Gasteiger partial charge in [-0.15, -0.1) is 0 Å². The van der Waals surface area contributed by atoms with Crippen LogP contribution in [0.25, 0.3) is 0 Å². The number of aromatic nitrogens is 3. The molecule has 0 bridgehead atoms. The number of ether oxygens (including phenoxy) is 2. The number of hydrogen-bond acceptors (Lipinski definition) is 6. The van der Waals surface area contributed by atoms with Crippen molar-refractivity contribution in [3.8, 4) is 0 Å². The Morgan fingerprint density at radius 1 is 0.907 bits per heavy atom. The maximum absolute atomic E-state index is 13.5. The summed E-state index contributed by atoms with van der Waals surface area (Å²) < 4.78 is 93.2. The van der Waals surface area contributed by atoms with Gasteiger partial charge in [0.25, 0.3) is 0 Å². The second-order valence-electron chi connectivity index (χ2n) is 11.3. The minimum absolute atomic E-state index is 0.108. The largest absolute Gasteiger partial charge is 0.416 e. The highest BCUT2D eigenvalue weighted by atomic mass is 19.4. The predicted octanol–water partition coefficient (Wildman–Crippen LogP) is 7.14. The van der Waals surface area contributed by atoms with Gasteiger partial charge in [0.05, 0.1) is 29.9 Å². The van der Waals surface area contributed by atoms with Crippen molar-refractivity contribution < 1.29 is 35.8 Å². The molecule has 0 saturated carbocycles. The highest BCUT2D eigenvalue weighted by Crippen LogP contribution is 2.40. The van der Waals surface area contributed by atoms with Crippen LogP contribution in [0.15, 0.2) is 48.5 Å². The molecule has 7 nitrogen and oxygen atoms in total. The summed E-state index contributed by atoms with van der Waals surface area (Å²) in [7, 11) is 0. The van der Waals surface area contributed by atoms with E-state index in [4.69, 9.17) is 9.47 Å². The van der Waals surface area contributed by atoms with Crippen LogP contribution in [0.4, 0.5) is 26.3 Å². The van der Waals surface area contributed by atoms with Gasteiger partial charge in [0.15, 0.2) is 6.29 Å². The number of halogens is 6. The Labute approximate surface area is 247 Å². The molecule has 1 unspecified atom stereocenters. The van der Waals surface area contributed by atoms with Crippen molar-refractivity contribution in [2.45, 2.75) is 90.6 Å². The lowest BCUT2D eigenvalue weighted by atomic mass is 10.0. The van der Waals surface area contributed by atoms with Crippen LogP contribution in [0.3, 0.4) is 0 Å². The van der Waals surface area contributed by atoms with Crippen molar-refractivity contribution in [3.05, 3.63) is 82.2 Å². The second-order valence-corrected chi connectivity index (χ2v) is 11.3. The van der Waals surface area contributed by atoms with E-state index in [2.05, 4.69) is 52.9 Å². The Hall–Kier alpha value is -3.00. The number of nitrogens with zero attached hydrogens (tertiary/aromatic N) is 4. The van der Waals surface area contributed by atoms with Crippen LogP contribution in [-0.2, 0) is 34.9 Å². The van der Waals surface area contributed by atoms with Crippen LogP contribution < -0.4 is 0 Å². The first kappa shape index (κ1) is 32.9. The van der Waals surface area contributed by atoms with Gasteiger partial charge in [0.2, 0.25) is 0 Å². The van der Waals surface area contributed by atoms with Crippen molar-refractivity contribution in [2.75, 3.05) is 13.2 Å². The van der Waals surface area contributed by atoms with Crippen molar-refractivity contribution >= 4 is 0 Å². The fourth-order valence-corrected chi connectivity index (χ4v) is 5.35. The van der Waals surface area contributed by atoms with Gasteiger partial charge in [0, 0.05) is 31.7 Å². The fraction of sp³-hybridized carbons (Fsp3) is 0.533. The maximum atomic E-state index is 13.5. The summed E-state index contributed by atoms with van der Waals surface area (Å²) in [5, 5.41) is 11.5. The van der Waals surface area contributed by atoms with Gasteiger partial charge in [-0.05, 0) is 63.9 Å². The van der Waals surface area contributed by atoms with Crippen LogP contribution in [0, 0.1) is 0 Å². The monoisotopic (exact) mass is 613 g/mol. The minimum Gasteiger partial charge on any atom is -0.349 e. The molecule has 13 heteroatoms. The van der Waals surface area contributed by atoms with E-state index in [0.717, 1.165) is 17.0 Å². The smallest absolute Gasteiger partial charge is 0.349 e. The number of H-pyrrole nitrogens is 1. The Morgan fingerprint density at radius 2 is 1.49 bits per heavy atom. The molecule has 1 N–H and O–H groups in total. The Morgan fingerprint density at radius 3 is 2.05 bits per heavy atom. The second kappa shape index (κ2) is 13.3. The van der Waals surface area contributed by atoms with Crippen molar-refractivity contribution in [2.24, 2.45) is 0 Å². The SMILES string of the molecule is CC(O[C@H]1OCCN(Cc2n[nH]nc2CN(C(C)C)C(C)C)[C@H]1c1ccccc1)c1cc(C(F)(F)F)cc(C(F)(F)F)c1. The molecule has 3 atom stereocenters. The van der Waals surface area contributed by atoms with Gasteiger partial charge in [-0.3, -0.25) is 9.80 Å². The van der Waals surface area contributed by atoms with Crippen LogP contribution in [0.5, 0.6) is 0 Å². The lowest BCUT2D eigenvalue weighted by molar-refractivity contribution is -0.231. The average molecular weight is 614 g/mol. The van der Waals surface area contributed by atoms with Crippen LogP contribution in [0.1, 0.15) is 80.4 Å². The Balaban J connectivity index is 1.63. The molecule has 0 aliphatic carbocycles. The number of hydrogen-bond donors (Lipinski definition) is 1. The van der Waals surface area contributed by atoms with Crippen LogP contribution in [-0.4, -0.2) is 56.7 Å². The number of benzene rings is 2. The average Bonchev–Trinajstić information content (AvgIpc) is 3.37. The molecule has 4 rings (SSSR count). The summed E-state index contributed by atoms with van der Waals surface area (Å²) in [5.74, 6) is 0. The summed E-state index contributed by atoms with van der Waals surface area (Å²) in [6.07, 6.45) is -12.1. The first-order valence-electron chi connectivity index (χ1n) is 14.1. The van der Waals surface area contributed by atoms with Crippen molar-refractivity contribution in [1.82, 2.24) is 25.2 Å². The summed E-state index contributed by atoms with van der Waals surface area (Å²) in [6, 6.07) is 10.8. The molecule has 1 aromatic heterocycles. The molecule has 3 aromatic rings. The first-order valence-corrected chi connectivity index (χ1v) is 14.1. The topological polar surface area (TPSA) is 66.5 Å². The summed E-state index contributed by atoms with van der Waals surface area (Å²) in [4.78, 5) is 4.37. The van der Waals surface area contributed by atoms with Gasteiger partial charge >= 0.3 is 12.4 Å². The molecule has 1 aliphatic heterocycles. The molecule has 0 amide bonds. The fourth-order valence-electron chi connectivity index (χ4n) is 5.35. The predicted molar refractivity (Wildman–Crippen MR) is 147 cm³/mol. The van der Waals surface area contributed by atoms with Gasteiger partial charge in [0.1, 0.15) is 11.4 Å². The molecule has 0 spiro atoms. The van der Waals surface area contributed by atoms with E-state index in [-0.39, 0.29) is 30.3 Å². The zero-order valence-electron chi connectivity index (χ0n) is 24.7. The minimum atomic E-state index is -4.96. The number of aromatic amines is 1. The van der Waals surface area contributed by atoms with Gasteiger partial charge in [-0.2, -0.15) is 41.8 Å². The molecular formula is C30H37F6N5O2. The number of morpholine rings is 1. The molecule has 1 saturated heterocycles. The quantitative estimate of drug-likeness (QED) is 0.245. The zero-order valence-corrected chi connectivity index (χ0v) is 24.7. The lowest BCUT2D eigenvalue weighted by Crippen LogP contribution is -2.46. The van der Waals surface area contributed by atoms with E-state index in [1.807, 2.05) is 30.3 Å². The summed E-state index contributed by atoms with van der Waals surface area (Å²) in [6.45, 7) is 11.5. The van der Waals surface area contributed by atoms with E-state index in [0.29, 0.717) is 31.8 Å². The van der Waals surface area contributed by atoms with Gasteiger partial charge in [-0.1, -0.05) is 30.3 Å². The molecule has 2 aromatic carbocycles. The molecular weight excluding hydrogens is 576 g/mol. The highest BCUT2D eigenvalue weighted by molar-refractivity contribution is 5.35.